The average molecular weight is 150 g/mol. The van der Waals surface area contributed by atoms with Crippen LogP contribution in [-0.4, -0.2) is 6.61 Å². The standard InChI is InChI=1S/C6H7OS.Na/c7-4-3-6-2-1-5-8-6;/h1-2,5H,3-4H2;/q-1;+1. The van der Waals surface area contributed by atoms with Crippen LogP contribution in [0.2, 0.25) is 0 Å². The first kappa shape index (κ1) is 9.66. The molecule has 0 saturated carbocycles. The van der Waals surface area contributed by atoms with Crippen molar-refractivity contribution in [3.63, 3.8) is 0 Å². The zero-order valence-electron chi connectivity index (χ0n) is 5.46. The van der Waals surface area contributed by atoms with E-state index in [1.807, 2.05) is 17.5 Å². The maximum Gasteiger partial charge on any atom is 1.00 e. The van der Waals surface area contributed by atoms with Crippen molar-refractivity contribution in [2.24, 2.45) is 0 Å². The predicted octanol–water partition coefficient (Wildman–Crippen LogP) is -2.35. The molecule has 1 nitrogen and oxygen atoms in total. The molecule has 1 aromatic rings. The van der Waals surface area contributed by atoms with Gasteiger partial charge in [-0.2, -0.15) is 0 Å². The summed E-state index contributed by atoms with van der Waals surface area (Å²) in [6.45, 7) is 0.0144. The summed E-state index contributed by atoms with van der Waals surface area (Å²) >= 11 is 1.65. The van der Waals surface area contributed by atoms with Gasteiger partial charge in [0, 0.05) is 4.88 Å². The molecule has 0 saturated heterocycles. The molecule has 1 aromatic heterocycles. The van der Waals surface area contributed by atoms with Crippen LogP contribution in [0.5, 0.6) is 0 Å². The van der Waals surface area contributed by atoms with Gasteiger partial charge >= 0.3 is 29.6 Å². The van der Waals surface area contributed by atoms with E-state index in [0.29, 0.717) is 6.42 Å². The molecule has 0 radical (unpaired) electrons. The van der Waals surface area contributed by atoms with Crippen molar-refractivity contribution in [1.29, 1.82) is 0 Å². The third kappa shape index (κ3) is 3.38. The summed E-state index contributed by atoms with van der Waals surface area (Å²) in [4.78, 5) is 1.19. The molecule has 9 heavy (non-hydrogen) atoms. The topological polar surface area (TPSA) is 23.1 Å². The van der Waals surface area contributed by atoms with E-state index in [2.05, 4.69) is 0 Å². The van der Waals surface area contributed by atoms with Crippen molar-refractivity contribution in [1.82, 2.24) is 0 Å². The van der Waals surface area contributed by atoms with Crippen LogP contribution in [0.3, 0.4) is 0 Å². The van der Waals surface area contributed by atoms with Gasteiger partial charge in [-0.3, -0.25) is 0 Å². The zero-order chi connectivity index (χ0) is 5.82. The molecule has 3 heteroatoms. The van der Waals surface area contributed by atoms with Crippen molar-refractivity contribution >= 4 is 11.3 Å². The van der Waals surface area contributed by atoms with E-state index in [9.17, 15) is 5.11 Å². The van der Waals surface area contributed by atoms with Gasteiger partial charge in [-0.15, -0.1) is 17.9 Å². The van der Waals surface area contributed by atoms with Gasteiger partial charge in [0.15, 0.2) is 0 Å². The predicted molar refractivity (Wildman–Crippen MR) is 32.9 cm³/mol. The van der Waals surface area contributed by atoms with Gasteiger partial charge in [-0.05, 0) is 17.9 Å². The molecule has 0 aliphatic rings. The van der Waals surface area contributed by atoms with Crippen molar-refractivity contribution in [3.8, 4) is 0 Å². The van der Waals surface area contributed by atoms with Crippen molar-refractivity contribution in [3.05, 3.63) is 22.4 Å². The maximum atomic E-state index is 10.0. The van der Waals surface area contributed by atoms with Gasteiger partial charge in [0.25, 0.3) is 0 Å². The summed E-state index contributed by atoms with van der Waals surface area (Å²) in [6, 6.07) is 3.96. The van der Waals surface area contributed by atoms with Crippen LogP contribution in [0.15, 0.2) is 17.5 Å². The van der Waals surface area contributed by atoms with E-state index in [4.69, 9.17) is 0 Å². The monoisotopic (exact) mass is 150 g/mol. The third-order valence-corrected chi connectivity index (χ3v) is 1.86. The number of hydrogen-bond donors (Lipinski definition) is 0. The molecule has 0 aliphatic heterocycles. The van der Waals surface area contributed by atoms with E-state index in [0.717, 1.165) is 0 Å². The van der Waals surface area contributed by atoms with E-state index >= 15 is 0 Å². The summed E-state index contributed by atoms with van der Waals surface area (Å²) in [5, 5.41) is 12.0. The van der Waals surface area contributed by atoms with Crippen LogP contribution >= 0.6 is 11.3 Å². The quantitative estimate of drug-likeness (QED) is 0.433. The summed E-state index contributed by atoms with van der Waals surface area (Å²) in [6.07, 6.45) is 0.692. The normalized spacial score (nSPS) is 8.56. The van der Waals surface area contributed by atoms with E-state index in [-0.39, 0.29) is 36.2 Å². The SMILES string of the molecule is [Na+].[O-]CCc1cccs1. The van der Waals surface area contributed by atoms with Crippen LogP contribution in [0.25, 0.3) is 0 Å². The third-order valence-electron chi connectivity index (χ3n) is 0.929. The minimum Gasteiger partial charge on any atom is -0.854 e. The molecule has 0 fully saturated rings. The first-order valence-electron chi connectivity index (χ1n) is 2.54. The molecule has 1 rings (SSSR count). The van der Waals surface area contributed by atoms with Crippen molar-refractivity contribution in [2.75, 3.05) is 6.61 Å². The summed E-state index contributed by atoms with van der Waals surface area (Å²) < 4.78 is 0. The Kier molecular flexibility index (Phi) is 5.84. The summed E-state index contributed by atoms with van der Waals surface area (Å²) in [5.41, 5.74) is 0. The van der Waals surface area contributed by atoms with Gasteiger partial charge in [-0.25, -0.2) is 0 Å². The average Bonchev–Trinajstić information content (AvgIpc) is 2.19. The van der Waals surface area contributed by atoms with Crippen LogP contribution in [0.1, 0.15) is 4.88 Å². The molecular formula is C6H7NaOS. The van der Waals surface area contributed by atoms with Crippen molar-refractivity contribution < 1.29 is 34.7 Å². The van der Waals surface area contributed by atoms with Crippen LogP contribution in [-0.2, 0) is 6.42 Å². The minimum absolute atomic E-state index is 0. The molecule has 0 spiro atoms. The number of rotatable bonds is 2. The fraction of sp³-hybridized carbons (Fsp3) is 0.333. The summed E-state index contributed by atoms with van der Waals surface area (Å²) in [7, 11) is 0. The van der Waals surface area contributed by atoms with Gasteiger partial charge in [0.05, 0.1) is 0 Å². The Balaban J connectivity index is 0.000000640. The minimum atomic E-state index is 0. The number of hydrogen-bond acceptors (Lipinski definition) is 2. The Hall–Kier alpha value is 0.660. The Labute approximate surface area is 81.0 Å². The molecule has 0 aromatic carbocycles. The Morgan fingerprint density at radius 2 is 2.33 bits per heavy atom. The van der Waals surface area contributed by atoms with Crippen molar-refractivity contribution in [2.45, 2.75) is 6.42 Å². The molecule has 0 aliphatic carbocycles. The van der Waals surface area contributed by atoms with Crippen LogP contribution < -0.4 is 34.7 Å². The molecule has 0 atom stereocenters. The second kappa shape index (κ2) is 5.45. The van der Waals surface area contributed by atoms with Gasteiger partial charge in [-0.1, -0.05) is 6.07 Å². The molecule has 44 valence electrons. The second-order valence-corrected chi connectivity index (χ2v) is 2.57. The molecule has 0 unspecified atom stereocenters. The van der Waals surface area contributed by atoms with E-state index in [1.54, 1.807) is 11.3 Å². The molecule has 0 bridgehead atoms. The van der Waals surface area contributed by atoms with Gasteiger partial charge in [0.1, 0.15) is 0 Å². The molecule has 1 heterocycles. The van der Waals surface area contributed by atoms with Crippen LogP contribution in [0.4, 0.5) is 0 Å². The first-order chi connectivity index (χ1) is 3.93. The largest absolute Gasteiger partial charge is 1.00 e. The number of thiophene rings is 1. The smallest absolute Gasteiger partial charge is 0.854 e. The fourth-order valence-corrected chi connectivity index (χ4v) is 1.25. The Morgan fingerprint density at radius 1 is 1.56 bits per heavy atom. The first-order valence-corrected chi connectivity index (χ1v) is 3.42. The maximum absolute atomic E-state index is 10.0. The van der Waals surface area contributed by atoms with E-state index in [1.165, 1.54) is 4.88 Å². The fourth-order valence-electron chi connectivity index (χ4n) is 0.555. The van der Waals surface area contributed by atoms with Gasteiger partial charge in [0.2, 0.25) is 0 Å². The second-order valence-electron chi connectivity index (χ2n) is 1.53. The Morgan fingerprint density at radius 3 is 2.78 bits per heavy atom. The van der Waals surface area contributed by atoms with Gasteiger partial charge < -0.3 is 5.11 Å². The zero-order valence-corrected chi connectivity index (χ0v) is 8.28. The summed E-state index contributed by atoms with van der Waals surface area (Å²) in [5.74, 6) is 0. The molecular weight excluding hydrogens is 143 g/mol. The molecule has 0 amide bonds. The molecule has 0 N–H and O–H groups in total. The van der Waals surface area contributed by atoms with Crippen LogP contribution in [0, 0.1) is 0 Å². The van der Waals surface area contributed by atoms with E-state index < -0.39 is 0 Å². The Bertz CT molecular complexity index is 139.